The summed E-state index contributed by atoms with van der Waals surface area (Å²) in [5.41, 5.74) is 1.91. The van der Waals surface area contributed by atoms with Crippen LogP contribution in [0.15, 0.2) is 79.0 Å². The Morgan fingerprint density at radius 3 is 2.21 bits per heavy atom. The number of aromatic nitrogens is 1. The third kappa shape index (κ3) is 9.89. The van der Waals surface area contributed by atoms with Gasteiger partial charge < -0.3 is 24.3 Å². The maximum atomic E-state index is 13.9. The zero-order chi connectivity index (χ0) is 34.0. The molecule has 0 unspecified atom stereocenters. The Hall–Kier alpha value is -4.71. The van der Waals surface area contributed by atoms with Gasteiger partial charge in [-0.2, -0.15) is 13.2 Å². The summed E-state index contributed by atoms with van der Waals surface area (Å²) in [7, 11) is 3.20. The van der Waals surface area contributed by atoms with E-state index in [2.05, 4.69) is 9.88 Å². The molecule has 4 rings (SSSR count). The Bertz CT molecular complexity index is 1510. The van der Waals surface area contributed by atoms with Crippen molar-refractivity contribution in [3.8, 4) is 0 Å². The molecule has 0 radical (unpaired) electrons. The summed E-state index contributed by atoms with van der Waals surface area (Å²) in [5, 5.41) is 0. The van der Waals surface area contributed by atoms with Crippen molar-refractivity contribution in [2.45, 2.75) is 32.1 Å². The molecule has 3 amide bonds. The first-order valence-electron chi connectivity index (χ1n) is 15.4. The lowest BCUT2D eigenvalue weighted by atomic mass is 10.0. The highest BCUT2D eigenvalue weighted by molar-refractivity contribution is 5.95. The topological polar surface area (TPSA) is 86.3 Å². The van der Waals surface area contributed by atoms with Gasteiger partial charge in [-0.05, 0) is 41.5 Å². The lowest BCUT2D eigenvalue weighted by Gasteiger charge is -2.36. The third-order valence-corrected chi connectivity index (χ3v) is 8.11. The summed E-state index contributed by atoms with van der Waals surface area (Å²) in [5.74, 6) is -0.716. The third-order valence-electron chi connectivity index (χ3n) is 8.11. The number of alkyl halides is 3. The number of carbonyl (C=O) groups excluding carboxylic acids is 3. The van der Waals surface area contributed by atoms with Gasteiger partial charge in [0.05, 0.1) is 17.9 Å². The van der Waals surface area contributed by atoms with E-state index < -0.39 is 23.7 Å². The Morgan fingerprint density at radius 1 is 0.957 bits per heavy atom. The monoisotopic (exact) mass is 651 g/mol. The SMILES string of the molecule is COCCN(C)C(=O)[C@H](Cc1ccccc1)N(Cc1ccc(N2CCN(C(C)=O)CC2)cc1)C(=O)/C=C/c1ccc(C(F)(F)F)cn1. The van der Waals surface area contributed by atoms with Crippen LogP contribution in [0.1, 0.15) is 29.3 Å². The van der Waals surface area contributed by atoms with Crippen LogP contribution in [0.3, 0.4) is 0 Å². The second kappa shape index (κ2) is 16.2. The van der Waals surface area contributed by atoms with Crippen LogP contribution in [-0.2, 0) is 38.3 Å². The molecule has 1 fully saturated rings. The Balaban J connectivity index is 1.63. The summed E-state index contributed by atoms with van der Waals surface area (Å²) in [4.78, 5) is 50.4. The minimum absolute atomic E-state index is 0.0559. The highest BCUT2D eigenvalue weighted by atomic mass is 19.4. The molecule has 1 aliphatic rings. The molecule has 3 aromatic rings. The number of pyridine rings is 1. The Labute approximate surface area is 273 Å². The molecule has 0 N–H and O–H groups in total. The van der Waals surface area contributed by atoms with Gasteiger partial charge in [-0.25, -0.2) is 0 Å². The molecular formula is C35H40F3N5O4. The smallest absolute Gasteiger partial charge is 0.383 e. The predicted molar refractivity (Wildman–Crippen MR) is 173 cm³/mol. The van der Waals surface area contributed by atoms with Crippen LogP contribution in [0.4, 0.5) is 18.9 Å². The summed E-state index contributed by atoms with van der Waals surface area (Å²) in [6.45, 7) is 4.98. The second-order valence-electron chi connectivity index (χ2n) is 11.4. The second-order valence-corrected chi connectivity index (χ2v) is 11.4. The highest BCUT2D eigenvalue weighted by Gasteiger charge is 2.32. The van der Waals surface area contributed by atoms with Gasteiger partial charge in [-0.3, -0.25) is 19.4 Å². The largest absolute Gasteiger partial charge is 0.417 e. The molecule has 0 saturated carbocycles. The number of nitrogens with zero attached hydrogens (tertiary/aromatic N) is 5. The van der Waals surface area contributed by atoms with E-state index in [0.29, 0.717) is 39.3 Å². The average Bonchev–Trinajstić information content (AvgIpc) is 3.08. The summed E-state index contributed by atoms with van der Waals surface area (Å²) in [6, 6.07) is 18.3. The van der Waals surface area contributed by atoms with Crippen molar-refractivity contribution in [2.24, 2.45) is 0 Å². The first-order valence-corrected chi connectivity index (χ1v) is 15.4. The fraction of sp³-hybridized carbons (Fsp3) is 0.371. The molecule has 0 bridgehead atoms. The number of rotatable bonds is 12. The maximum Gasteiger partial charge on any atom is 0.417 e. The number of methoxy groups -OCH3 is 1. The van der Waals surface area contributed by atoms with Crippen LogP contribution in [0, 0.1) is 0 Å². The van der Waals surface area contributed by atoms with Gasteiger partial charge >= 0.3 is 6.18 Å². The van der Waals surface area contributed by atoms with E-state index in [4.69, 9.17) is 4.74 Å². The number of amides is 3. The maximum absolute atomic E-state index is 13.9. The number of hydrogen-bond donors (Lipinski definition) is 0. The van der Waals surface area contributed by atoms with Gasteiger partial charge in [0.1, 0.15) is 6.04 Å². The van der Waals surface area contributed by atoms with Crippen LogP contribution >= 0.6 is 0 Å². The molecule has 250 valence electrons. The van der Waals surface area contributed by atoms with E-state index in [9.17, 15) is 27.6 Å². The lowest BCUT2D eigenvalue weighted by Crippen LogP contribution is -2.51. The summed E-state index contributed by atoms with van der Waals surface area (Å²) < 4.78 is 44.3. The Kier molecular flexibility index (Phi) is 12.1. The molecule has 2 aromatic carbocycles. The minimum atomic E-state index is -4.53. The number of ether oxygens (including phenoxy) is 1. The van der Waals surface area contributed by atoms with Crippen molar-refractivity contribution in [3.05, 3.63) is 101 Å². The number of likely N-dealkylation sites (N-methyl/N-ethyl adjacent to an activating group) is 1. The molecule has 9 nitrogen and oxygen atoms in total. The molecular weight excluding hydrogens is 611 g/mol. The van der Waals surface area contributed by atoms with Gasteiger partial charge in [0.15, 0.2) is 0 Å². The molecule has 0 aliphatic carbocycles. The van der Waals surface area contributed by atoms with E-state index in [-0.39, 0.29) is 30.5 Å². The standard InChI is InChI=1S/C35H40F3N5O4/c1-26(44)41-17-19-42(20-18-41)31-14-9-28(10-15-31)25-43(33(45)16-13-30-12-11-29(24-39-30)35(36,37)38)32(23-27-7-5-4-6-8-27)34(46)40(2)21-22-47-3/h4-16,24,32H,17-23,25H2,1-3H3/b16-13+/t32-/m0/s1. The van der Waals surface area contributed by atoms with Crippen LogP contribution in [0.25, 0.3) is 6.08 Å². The van der Waals surface area contributed by atoms with Crippen LogP contribution in [0.5, 0.6) is 0 Å². The van der Waals surface area contributed by atoms with E-state index >= 15 is 0 Å². The van der Waals surface area contributed by atoms with Gasteiger partial charge in [-0.15, -0.1) is 0 Å². The van der Waals surface area contributed by atoms with Crippen molar-refractivity contribution < 1.29 is 32.3 Å². The number of halogens is 3. The quantitative estimate of drug-likeness (QED) is 0.268. The zero-order valence-corrected chi connectivity index (χ0v) is 26.8. The molecule has 1 saturated heterocycles. The fourth-order valence-corrected chi connectivity index (χ4v) is 5.32. The number of piperazine rings is 1. The average molecular weight is 652 g/mol. The molecule has 1 aromatic heterocycles. The minimum Gasteiger partial charge on any atom is -0.383 e. The fourth-order valence-electron chi connectivity index (χ4n) is 5.32. The number of benzene rings is 2. The molecule has 0 spiro atoms. The van der Waals surface area contributed by atoms with Crippen molar-refractivity contribution in [3.63, 3.8) is 0 Å². The van der Waals surface area contributed by atoms with Crippen molar-refractivity contribution >= 4 is 29.5 Å². The van der Waals surface area contributed by atoms with Crippen LogP contribution in [0.2, 0.25) is 0 Å². The molecule has 1 atom stereocenters. The van der Waals surface area contributed by atoms with Gasteiger partial charge in [0.25, 0.3) is 0 Å². The van der Waals surface area contributed by atoms with Gasteiger partial charge in [0, 0.05) is 84.7 Å². The number of carbonyl (C=O) groups is 3. The number of anilines is 1. The van der Waals surface area contributed by atoms with Crippen LogP contribution in [-0.4, -0.2) is 96.9 Å². The van der Waals surface area contributed by atoms with Crippen molar-refractivity contribution in [2.75, 3.05) is 58.4 Å². The molecule has 12 heteroatoms. The Morgan fingerprint density at radius 2 is 1.64 bits per heavy atom. The first-order chi connectivity index (χ1) is 22.5. The van der Waals surface area contributed by atoms with Gasteiger partial charge in [0.2, 0.25) is 17.7 Å². The van der Waals surface area contributed by atoms with Gasteiger partial charge in [-0.1, -0.05) is 42.5 Å². The zero-order valence-electron chi connectivity index (χ0n) is 26.8. The van der Waals surface area contributed by atoms with E-state index in [1.165, 1.54) is 28.0 Å². The van der Waals surface area contributed by atoms with E-state index in [0.717, 1.165) is 29.1 Å². The lowest BCUT2D eigenvalue weighted by molar-refractivity contribution is -0.143. The molecule has 47 heavy (non-hydrogen) atoms. The number of hydrogen-bond acceptors (Lipinski definition) is 6. The predicted octanol–water partition coefficient (Wildman–Crippen LogP) is 4.53. The highest BCUT2D eigenvalue weighted by Crippen LogP contribution is 2.28. The van der Waals surface area contributed by atoms with Crippen molar-refractivity contribution in [1.29, 1.82) is 0 Å². The van der Waals surface area contributed by atoms with Crippen LogP contribution < -0.4 is 4.90 Å². The van der Waals surface area contributed by atoms with Crippen molar-refractivity contribution in [1.82, 2.24) is 19.7 Å². The normalized spacial score (nSPS) is 14.3. The molecule has 2 heterocycles. The van der Waals surface area contributed by atoms with E-state index in [1.807, 2.05) is 59.5 Å². The summed E-state index contributed by atoms with van der Waals surface area (Å²) in [6.07, 6.45) is -0.986. The van der Waals surface area contributed by atoms with E-state index in [1.54, 1.807) is 21.1 Å². The molecule has 1 aliphatic heterocycles. The first kappa shape index (κ1) is 35.1. The summed E-state index contributed by atoms with van der Waals surface area (Å²) >= 11 is 0.